The molecule has 2 aromatic heterocycles. The van der Waals surface area contributed by atoms with Gasteiger partial charge >= 0.3 is 5.97 Å². The van der Waals surface area contributed by atoms with Crippen molar-refractivity contribution in [3.63, 3.8) is 0 Å². The number of carbonyl (C=O) groups excluding carboxylic acids is 1. The molecule has 0 saturated carbocycles. The van der Waals surface area contributed by atoms with E-state index in [1.54, 1.807) is 31.5 Å². The van der Waals surface area contributed by atoms with E-state index in [0.717, 1.165) is 34.0 Å². The second-order valence-electron chi connectivity index (χ2n) is 11.6. The minimum Gasteiger partial charge on any atom is -0.494 e. The second-order valence-corrected chi connectivity index (χ2v) is 12.0. The minimum atomic E-state index is -0.979. The van der Waals surface area contributed by atoms with Crippen molar-refractivity contribution < 1.29 is 19.4 Å². The summed E-state index contributed by atoms with van der Waals surface area (Å²) in [5, 5.41) is 16.6. The van der Waals surface area contributed by atoms with Gasteiger partial charge in [0.05, 0.1) is 36.1 Å². The molecule has 222 valence electrons. The molecule has 9 nitrogen and oxygen atoms in total. The average Bonchev–Trinajstić information content (AvgIpc) is 3.47. The van der Waals surface area contributed by atoms with E-state index in [2.05, 4.69) is 26.3 Å². The molecule has 1 amide bonds. The van der Waals surface area contributed by atoms with Crippen LogP contribution in [0.4, 0.5) is 11.4 Å². The van der Waals surface area contributed by atoms with Gasteiger partial charge < -0.3 is 29.9 Å². The average molecular weight is 598 g/mol. The maximum Gasteiger partial charge on any atom is 0.335 e. The van der Waals surface area contributed by atoms with Gasteiger partial charge in [-0.3, -0.25) is 9.78 Å². The van der Waals surface area contributed by atoms with Crippen molar-refractivity contribution in [2.75, 3.05) is 17.3 Å². The number of carboxylic acids is 1. The quantitative estimate of drug-likeness (QED) is 0.211. The van der Waals surface area contributed by atoms with Crippen LogP contribution in [0.15, 0.2) is 72.9 Å². The van der Waals surface area contributed by atoms with Gasteiger partial charge in [-0.15, -0.1) is 0 Å². The van der Waals surface area contributed by atoms with Gasteiger partial charge in [0.15, 0.2) is 5.11 Å². The van der Waals surface area contributed by atoms with Crippen LogP contribution in [0.2, 0.25) is 0 Å². The number of carboxylic acid groups (broad SMARTS) is 1. The van der Waals surface area contributed by atoms with Gasteiger partial charge in [-0.2, -0.15) is 0 Å². The molecular weight excluding hydrogens is 562 g/mol. The molecule has 1 aliphatic rings. The Bertz CT molecular complexity index is 1710. The zero-order valence-electron chi connectivity index (χ0n) is 25.0. The number of aryl methyl sites for hydroxylation is 1. The molecule has 0 aliphatic carbocycles. The van der Waals surface area contributed by atoms with Gasteiger partial charge in [-0.1, -0.05) is 32.9 Å². The van der Waals surface area contributed by atoms with E-state index in [4.69, 9.17) is 17.0 Å². The van der Waals surface area contributed by atoms with Gasteiger partial charge in [0, 0.05) is 40.4 Å². The van der Waals surface area contributed by atoms with Crippen molar-refractivity contribution in [3.05, 3.63) is 101 Å². The van der Waals surface area contributed by atoms with Crippen molar-refractivity contribution in [1.29, 1.82) is 0 Å². The maximum atomic E-state index is 12.7. The van der Waals surface area contributed by atoms with Crippen molar-refractivity contribution in [2.24, 2.45) is 5.41 Å². The van der Waals surface area contributed by atoms with Crippen LogP contribution in [0.3, 0.4) is 0 Å². The Hall–Kier alpha value is -4.70. The maximum absolute atomic E-state index is 12.7. The number of carbonyl (C=O) groups is 2. The fraction of sp³-hybridized carbons (Fsp3) is 0.273. The molecule has 4 aromatic rings. The van der Waals surface area contributed by atoms with E-state index in [9.17, 15) is 14.7 Å². The molecule has 0 spiro atoms. The number of hydrogen-bond acceptors (Lipinski definition) is 5. The SMILES string of the molecule is COc1cc(N2C(=S)N[C@H](c3ccccn3)[C@@H]2c2cc(C)n(-c3cccc(C(=O)O)c3)c2C)ccc1NC(=O)C(C)(C)C. The number of nitrogens with zero attached hydrogens (tertiary/aromatic N) is 3. The first kappa shape index (κ1) is 29.8. The molecule has 3 heterocycles. The number of anilines is 2. The van der Waals surface area contributed by atoms with Gasteiger partial charge in [-0.25, -0.2) is 4.79 Å². The van der Waals surface area contributed by atoms with Crippen molar-refractivity contribution >= 4 is 40.6 Å². The van der Waals surface area contributed by atoms with Crippen molar-refractivity contribution in [2.45, 2.75) is 46.7 Å². The number of thiocarbonyl (C=S) groups is 1. The lowest BCUT2D eigenvalue weighted by molar-refractivity contribution is -0.123. The van der Waals surface area contributed by atoms with Crippen LogP contribution >= 0.6 is 12.2 Å². The molecule has 0 unspecified atom stereocenters. The highest BCUT2D eigenvalue weighted by Gasteiger charge is 2.42. The smallest absolute Gasteiger partial charge is 0.335 e. The number of benzene rings is 2. The van der Waals surface area contributed by atoms with Crippen molar-refractivity contribution in [1.82, 2.24) is 14.9 Å². The second kappa shape index (κ2) is 11.5. The molecule has 1 aliphatic heterocycles. The summed E-state index contributed by atoms with van der Waals surface area (Å²) in [6.07, 6.45) is 1.76. The Balaban J connectivity index is 1.63. The Labute approximate surface area is 256 Å². The normalized spacial score (nSPS) is 16.6. The number of ether oxygens (including phenoxy) is 1. The van der Waals surface area contributed by atoms with E-state index >= 15 is 0 Å². The molecule has 0 radical (unpaired) electrons. The minimum absolute atomic E-state index is 0.121. The number of amides is 1. The van der Waals surface area contributed by atoms with Crippen LogP contribution in [-0.2, 0) is 4.79 Å². The van der Waals surface area contributed by atoms with Gasteiger partial charge in [-0.05, 0) is 80.2 Å². The number of methoxy groups -OCH3 is 1. The summed E-state index contributed by atoms with van der Waals surface area (Å²) in [6, 6.07) is 19.8. The predicted octanol–water partition coefficient (Wildman–Crippen LogP) is 6.36. The molecule has 43 heavy (non-hydrogen) atoms. The summed E-state index contributed by atoms with van der Waals surface area (Å²) in [5.74, 6) is -0.592. The molecule has 10 heteroatoms. The summed E-state index contributed by atoms with van der Waals surface area (Å²) in [7, 11) is 1.57. The number of pyridine rings is 1. The molecule has 1 fully saturated rings. The molecule has 5 rings (SSSR count). The van der Waals surface area contributed by atoms with Crippen LogP contribution < -0.4 is 20.3 Å². The Morgan fingerprint density at radius 2 is 1.79 bits per heavy atom. The number of aromatic carboxylic acids is 1. The lowest BCUT2D eigenvalue weighted by Crippen LogP contribution is -2.30. The highest BCUT2D eigenvalue weighted by atomic mass is 32.1. The first-order chi connectivity index (χ1) is 20.4. The molecular formula is C33H35N5O4S. The summed E-state index contributed by atoms with van der Waals surface area (Å²) in [4.78, 5) is 31.1. The highest BCUT2D eigenvalue weighted by Crippen LogP contribution is 2.45. The van der Waals surface area contributed by atoms with E-state index in [1.165, 1.54) is 0 Å². The lowest BCUT2D eigenvalue weighted by atomic mass is 9.95. The number of hydrogen-bond donors (Lipinski definition) is 3. The molecule has 0 bridgehead atoms. The standard InChI is InChI=1S/C33H35N5O4S/c1-19-16-24(20(2)37(19)22-11-9-10-21(17-22)30(39)40)29-28(26-12-7-8-15-34-26)36-32(43)38(29)23-13-14-25(27(18-23)42-6)35-31(41)33(3,4)5/h7-18,28-29H,1-6H3,(H,35,41)(H,36,43)(H,39,40)/t28-,29+/m1/s1. The fourth-order valence-corrected chi connectivity index (χ4v) is 5.80. The molecule has 2 aromatic carbocycles. The zero-order valence-corrected chi connectivity index (χ0v) is 25.8. The Morgan fingerprint density at radius 1 is 1.02 bits per heavy atom. The molecule has 2 atom stereocenters. The molecule has 3 N–H and O–H groups in total. The van der Waals surface area contributed by atoms with Gasteiger partial charge in [0.2, 0.25) is 5.91 Å². The number of nitrogens with one attached hydrogen (secondary N) is 2. The highest BCUT2D eigenvalue weighted by molar-refractivity contribution is 7.80. The summed E-state index contributed by atoms with van der Waals surface area (Å²) < 4.78 is 7.77. The summed E-state index contributed by atoms with van der Waals surface area (Å²) >= 11 is 5.93. The predicted molar refractivity (Wildman–Crippen MR) is 171 cm³/mol. The first-order valence-electron chi connectivity index (χ1n) is 13.9. The summed E-state index contributed by atoms with van der Waals surface area (Å²) in [5.41, 5.74) is 5.49. The van der Waals surface area contributed by atoms with Gasteiger partial charge in [0.25, 0.3) is 0 Å². The third kappa shape index (κ3) is 5.70. The Kier molecular flexibility index (Phi) is 7.98. The monoisotopic (exact) mass is 597 g/mol. The lowest BCUT2D eigenvalue weighted by Gasteiger charge is -2.29. The Morgan fingerprint density at radius 3 is 2.44 bits per heavy atom. The van der Waals surface area contributed by atoms with Crippen LogP contribution in [0.25, 0.3) is 5.69 Å². The van der Waals surface area contributed by atoms with Crippen molar-refractivity contribution in [3.8, 4) is 11.4 Å². The largest absolute Gasteiger partial charge is 0.494 e. The van der Waals surface area contributed by atoms with Crippen LogP contribution in [0.1, 0.15) is 65.9 Å². The summed E-state index contributed by atoms with van der Waals surface area (Å²) in [6.45, 7) is 9.59. The van der Waals surface area contributed by atoms with E-state index in [1.807, 2.05) is 82.0 Å². The van der Waals surface area contributed by atoms with Gasteiger partial charge in [0.1, 0.15) is 5.75 Å². The van der Waals surface area contributed by atoms with E-state index in [0.29, 0.717) is 16.5 Å². The third-order valence-corrected chi connectivity index (χ3v) is 7.95. The fourth-order valence-electron chi connectivity index (χ4n) is 5.45. The van der Waals surface area contributed by atoms with E-state index in [-0.39, 0.29) is 23.6 Å². The zero-order chi connectivity index (χ0) is 31.1. The van der Waals surface area contributed by atoms with Crippen LogP contribution in [-0.4, -0.2) is 38.8 Å². The first-order valence-corrected chi connectivity index (χ1v) is 14.3. The molecule has 1 saturated heterocycles. The van der Waals surface area contributed by atoms with E-state index < -0.39 is 11.4 Å². The number of aromatic nitrogens is 2. The third-order valence-electron chi connectivity index (χ3n) is 7.63. The topological polar surface area (TPSA) is 109 Å². The number of rotatable bonds is 7. The van der Waals surface area contributed by atoms with Crippen LogP contribution in [0.5, 0.6) is 5.75 Å². The van der Waals surface area contributed by atoms with Crippen LogP contribution in [0, 0.1) is 19.3 Å².